The number of hydrogen-bond donors (Lipinski definition) is 0. The van der Waals surface area contributed by atoms with Crippen LogP contribution in [-0.2, 0) is 4.79 Å². The van der Waals surface area contributed by atoms with Gasteiger partial charge in [-0.05, 0) is 31.1 Å². The Bertz CT molecular complexity index is 169. The molecular formula is C7H9NO. The number of hydrogen-bond acceptors (Lipinski definition) is 2. The highest BCUT2D eigenvalue weighted by molar-refractivity contribution is 5.34. The first-order valence-electron chi connectivity index (χ1n) is 3.42. The third kappa shape index (κ3) is 0.707. The lowest BCUT2D eigenvalue weighted by Gasteiger charge is -2.31. The molecule has 2 aliphatic rings. The van der Waals surface area contributed by atoms with Gasteiger partial charge in [-0.3, -0.25) is 0 Å². The van der Waals surface area contributed by atoms with E-state index in [-0.39, 0.29) is 0 Å². The molecule has 0 saturated heterocycles. The van der Waals surface area contributed by atoms with Gasteiger partial charge in [0.25, 0.3) is 0 Å². The second kappa shape index (κ2) is 1.45. The zero-order chi connectivity index (χ0) is 6.32. The van der Waals surface area contributed by atoms with Crippen LogP contribution in [0.25, 0.3) is 0 Å². The lowest BCUT2D eigenvalue weighted by atomic mass is 9.77. The van der Waals surface area contributed by atoms with Crippen LogP contribution in [0.2, 0.25) is 0 Å². The summed E-state index contributed by atoms with van der Waals surface area (Å²) in [4.78, 5) is 13.4. The largest absolute Gasteiger partial charge is 0.235 e. The molecule has 2 heteroatoms. The van der Waals surface area contributed by atoms with E-state index in [1.165, 1.54) is 12.8 Å². The van der Waals surface area contributed by atoms with Crippen molar-refractivity contribution in [1.29, 1.82) is 0 Å². The van der Waals surface area contributed by atoms with Crippen LogP contribution in [0.15, 0.2) is 4.99 Å². The zero-order valence-corrected chi connectivity index (χ0v) is 5.26. The van der Waals surface area contributed by atoms with Crippen molar-refractivity contribution < 1.29 is 4.79 Å². The average Bonchev–Trinajstić information content (AvgIpc) is 2.45. The molecule has 48 valence electrons. The van der Waals surface area contributed by atoms with Gasteiger partial charge in [-0.15, -0.1) is 0 Å². The molecule has 0 heterocycles. The summed E-state index contributed by atoms with van der Waals surface area (Å²) in [7, 11) is 0. The van der Waals surface area contributed by atoms with Crippen LogP contribution in [0.1, 0.15) is 25.7 Å². The van der Waals surface area contributed by atoms with Gasteiger partial charge in [0, 0.05) is 0 Å². The lowest BCUT2D eigenvalue weighted by Crippen LogP contribution is -2.28. The third-order valence-corrected chi connectivity index (χ3v) is 2.53. The van der Waals surface area contributed by atoms with E-state index in [2.05, 4.69) is 4.99 Å². The molecule has 0 N–H and O–H groups in total. The maximum absolute atomic E-state index is 9.75. The van der Waals surface area contributed by atoms with Gasteiger partial charge in [-0.1, -0.05) is 0 Å². The molecule has 2 nitrogen and oxygen atoms in total. The second-order valence-electron chi connectivity index (χ2n) is 3.28. The maximum atomic E-state index is 9.75. The maximum Gasteiger partial charge on any atom is 0.235 e. The monoisotopic (exact) mass is 123 g/mol. The molecule has 2 saturated carbocycles. The standard InChI is InChI=1S/C7H9NO/c9-5-8-6-3-7(4-6)1-2-7/h6H,1-4H2. The van der Waals surface area contributed by atoms with Gasteiger partial charge in [0.05, 0.1) is 6.04 Å². The minimum Gasteiger partial charge on any atom is -0.211 e. The van der Waals surface area contributed by atoms with Crippen LogP contribution in [0.4, 0.5) is 0 Å². The van der Waals surface area contributed by atoms with E-state index in [0.717, 1.165) is 12.8 Å². The molecule has 0 atom stereocenters. The van der Waals surface area contributed by atoms with Gasteiger partial charge < -0.3 is 0 Å². The van der Waals surface area contributed by atoms with Crippen LogP contribution in [-0.4, -0.2) is 12.1 Å². The van der Waals surface area contributed by atoms with Crippen molar-refractivity contribution in [1.82, 2.24) is 0 Å². The molecule has 0 radical (unpaired) electrons. The molecule has 9 heavy (non-hydrogen) atoms. The van der Waals surface area contributed by atoms with Crippen molar-refractivity contribution in [3.8, 4) is 0 Å². The molecule has 0 aromatic heterocycles. The quantitative estimate of drug-likeness (QED) is 0.381. The topological polar surface area (TPSA) is 29.4 Å². The highest BCUT2D eigenvalue weighted by Gasteiger charge is 2.52. The van der Waals surface area contributed by atoms with Crippen LogP contribution in [0.3, 0.4) is 0 Å². The molecule has 2 aliphatic carbocycles. The number of carbonyl (C=O) groups excluding carboxylic acids is 1. The zero-order valence-electron chi connectivity index (χ0n) is 5.26. The summed E-state index contributed by atoms with van der Waals surface area (Å²) in [6.45, 7) is 0. The van der Waals surface area contributed by atoms with Crippen LogP contribution in [0, 0.1) is 5.41 Å². The van der Waals surface area contributed by atoms with E-state index < -0.39 is 0 Å². The predicted octanol–water partition coefficient (Wildman–Crippen LogP) is 1.26. The van der Waals surface area contributed by atoms with Gasteiger partial charge in [-0.25, -0.2) is 9.79 Å². The number of rotatable bonds is 1. The summed E-state index contributed by atoms with van der Waals surface area (Å²) in [5, 5.41) is 0. The Labute approximate surface area is 54.0 Å². The highest BCUT2D eigenvalue weighted by atomic mass is 16.1. The molecule has 2 fully saturated rings. The lowest BCUT2D eigenvalue weighted by molar-refractivity contribution is 0.241. The minimum atomic E-state index is 0.338. The summed E-state index contributed by atoms with van der Waals surface area (Å²) < 4.78 is 0. The van der Waals surface area contributed by atoms with Gasteiger partial charge in [0.2, 0.25) is 6.08 Å². The Balaban J connectivity index is 1.90. The molecule has 0 bridgehead atoms. The smallest absolute Gasteiger partial charge is 0.211 e. The van der Waals surface area contributed by atoms with Crippen molar-refractivity contribution >= 4 is 6.08 Å². The van der Waals surface area contributed by atoms with Crippen LogP contribution >= 0.6 is 0 Å². The molecule has 2 rings (SSSR count). The van der Waals surface area contributed by atoms with Crippen molar-refractivity contribution in [3.63, 3.8) is 0 Å². The van der Waals surface area contributed by atoms with Gasteiger partial charge >= 0.3 is 0 Å². The van der Waals surface area contributed by atoms with Crippen LogP contribution < -0.4 is 0 Å². The summed E-state index contributed by atoms with van der Waals surface area (Å²) >= 11 is 0. The molecule has 0 aromatic carbocycles. The molecule has 0 unspecified atom stereocenters. The summed E-state index contributed by atoms with van der Waals surface area (Å²) in [6.07, 6.45) is 6.67. The van der Waals surface area contributed by atoms with E-state index >= 15 is 0 Å². The van der Waals surface area contributed by atoms with Crippen molar-refractivity contribution in [3.05, 3.63) is 0 Å². The van der Waals surface area contributed by atoms with Gasteiger partial charge in [0.1, 0.15) is 0 Å². The van der Waals surface area contributed by atoms with Crippen molar-refractivity contribution in [2.24, 2.45) is 10.4 Å². The molecule has 1 spiro atoms. The van der Waals surface area contributed by atoms with Crippen molar-refractivity contribution in [2.45, 2.75) is 31.7 Å². The number of isocyanates is 1. The van der Waals surface area contributed by atoms with E-state index in [9.17, 15) is 4.79 Å². The Hall–Kier alpha value is -0.620. The van der Waals surface area contributed by atoms with Crippen LogP contribution in [0.5, 0.6) is 0 Å². The van der Waals surface area contributed by atoms with Crippen molar-refractivity contribution in [2.75, 3.05) is 0 Å². The SMILES string of the molecule is O=C=NC1CC2(CC2)C1. The summed E-state index contributed by atoms with van der Waals surface area (Å²) in [6, 6.07) is 0.338. The Kier molecular flexibility index (Phi) is 0.837. The Morgan fingerprint density at radius 2 is 2.11 bits per heavy atom. The predicted molar refractivity (Wildman–Crippen MR) is 32.8 cm³/mol. The molecule has 0 amide bonds. The number of aliphatic imine (C=N–C) groups is 1. The minimum absolute atomic E-state index is 0.338. The van der Waals surface area contributed by atoms with Gasteiger partial charge in [0.15, 0.2) is 0 Å². The fraction of sp³-hybridized carbons (Fsp3) is 0.857. The summed E-state index contributed by atoms with van der Waals surface area (Å²) in [5.41, 5.74) is 0.672. The first-order chi connectivity index (χ1) is 4.35. The average molecular weight is 123 g/mol. The first kappa shape index (κ1) is 5.19. The second-order valence-corrected chi connectivity index (χ2v) is 3.28. The fourth-order valence-corrected chi connectivity index (χ4v) is 1.69. The third-order valence-electron chi connectivity index (χ3n) is 2.53. The van der Waals surface area contributed by atoms with E-state index in [1.807, 2.05) is 0 Å². The van der Waals surface area contributed by atoms with E-state index in [4.69, 9.17) is 0 Å². The Morgan fingerprint density at radius 1 is 1.44 bits per heavy atom. The molecule has 0 aromatic rings. The summed E-state index contributed by atoms with van der Waals surface area (Å²) in [5.74, 6) is 0. The van der Waals surface area contributed by atoms with E-state index in [0.29, 0.717) is 11.5 Å². The normalized spacial score (nSPS) is 28.9. The first-order valence-corrected chi connectivity index (χ1v) is 3.42. The molecule has 0 aliphatic heterocycles. The fourth-order valence-electron chi connectivity index (χ4n) is 1.69. The molecular weight excluding hydrogens is 114 g/mol. The number of nitrogens with zero attached hydrogens (tertiary/aromatic N) is 1. The Morgan fingerprint density at radius 3 is 2.56 bits per heavy atom. The van der Waals surface area contributed by atoms with Gasteiger partial charge in [-0.2, -0.15) is 0 Å². The highest BCUT2D eigenvalue weighted by Crippen LogP contribution is 2.61. The van der Waals surface area contributed by atoms with E-state index in [1.54, 1.807) is 6.08 Å².